The third-order valence-corrected chi connectivity index (χ3v) is 5.78. The molecule has 1 saturated carbocycles. The van der Waals surface area contributed by atoms with Gasteiger partial charge in [-0.15, -0.1) is 0 Å². The SMILES string of the molecule is CC1CCC(CNC(=O)Nc2cccc(Cl)c2)(N2CCOCC2)CC1. The summed E-state index contributed by atoms with van der Waals surface area (Å²) in [5.41, 5.74) is 0.768. The van der Waals surface area contributed by atoms with E-state index in [-0.39, 0.29) is 11.6 Å². The van der Waals surface area contributed by atoms with E-state index < -0.39 is 0 Å². The molecule has 1 aliphatic heterocycles. The zero-order valence-corrected chi connectivity index (χ0v) is 15.6. The van der Waals surface area contributed by atoms with Crippen LogP contribution in [0.25, 0.3) is 0 Å². The highest BCUT2D eigenvalue weighted by molar-refractivity contribution is 6.30. The second kappa shape index (κ2) is 8.39. The van der Waals surface area contributed by atoms with E-state index in [1.807, 2.05) is 12.1 Å². The lowest BCUT2D eigenvalue weighted by molar-refractivity contribution is -0.0401. The molecule has 2 aliphatic rings. The number of anilines is 1. The van der Waals surface area contributed by atoms with Crippen LogP contribution in [0.3, 0.4) is 0 Å². The summed E-state index contributed by atoms with van der Waals surface area (Å²) in [5, 5.41) is 6.59. The van der Waals surface area contributed by atoms with Crippen molar-refractivity contribution in [3.05, 3.63) is 29.3 Å². The van der Waals surface area contributed by atoms with Crippen molar-refractivity contribution in [2.75, 3.05) is 38.2 Å². The van der Waals surface area contributed by atoms with E-state index in [4.69, 9.17) is 16.3 Å². The first-order valence-corrected chi connectivity index (χ1v) is 9.58. The molecule has 6 heteroatoms. The Kier molecular flexibility index (Phi) is 6.20. The lowest BCUT2D eigenvalue weighted by Gasteiger charge is -2.49. The number of carbonyl (C=O) groups excluding carboxylic acids is 1. The summed E-state index contributed by atoms with van der Waals surface area (Å²) in [6, 6.07) is 7.04. The van der Waals surface area contributed by atoms with Gasteiger partial charge in [-0.05, 0) is 49.8 Å². The molecule has 1 aromatic rings. The Morgan fingerprint density at radius 2 is 2.04 bits per heavy atom. The molecule has 0 bridgehead atoms. The van der Waals surface area contributed by atoms with E-state index in [0.29, 0.717) is 17.3 Å². The molecule has 1 heterocycles. The summed E-state index contributed by atoms with van der Waals surface area (Å²) in [5.74, 6) is 0.773. The molecule has 1 saturated heterocycles. The average Bonchev–Trinajstić information content (AvgIpc) is 2.62. The molecule has 0 spiro atoms. The maximum atomic E-state index is 12.3. The van der Waals surface area contributed by atoms with E-state index in [1.165, 1.54) is 12.8 Å². The first kappa shape index (κ1) is 18.5. The minimum absolute atomic E-state index is 0.0575. The second-order valence-corrected chi connectivity index (χ2v) is 7.76. The van der Waals surface area contributed by atoms with Crippen LogP contribution in [0, 0.1) is 5.92 Å². The number of hydrogen-bond donors (Lipinski definition) is 2. The number of nitrogens with one attached hydrogen (secondary N) is 2. The highest BCUT2D eigenvalue weighted by atomic mass is 35.5. The van der Waals surface area contributed by atoms with Crippen LogP contribution in [-0.4, -0.2) is 49.3 Å². The van der Waals surface area contributed by atoms with Gasteiger partial charge in [0.1, 0.15) is 0 Å². The number of halogens is 1. The van der Waals surface area contributed by atoms with Crippen LogP contribution in [0.15, 0.2) is 24.3 Å². The zero-order valence-electron chi connectivity index (χ0n) is 14.9. The fourth-order valence-corrected chi connectivity index (χ4v) is 4.12. The van der Waals surface area contributed by atoms with Crippen molar-refractivity contribution in [3.8, 4) is 0 Å². The summed E-state index contributed by atoms with van der Waals surface area (Å²) < 4.78 is 5.52. The first-order valence-electron chi connectivity index (χ1n) is 9.21. The molecule has 1 aliphatic carbocycles. The molecular formula is C19H28ClN3O2. The van der Waals surface area contributed by atoms with Crippen molar-refractivity contribution in [2.45, 2.75) is 38.1 Å². The van der Waals surface area contributed by atoms with Crippen LogP contribution < -0.4 is 10.6 Å². The second-order valence-electron chi connectivity index (χ2n) is 7.32. The van der Waals surface area contributed by atoms with Crippen LogP contribution in [-0.2, 0) is 4.74 Å². The predicted octanol–water partition coefficient (Wildman–Crippen LogP) is 3.74. The Hall–Kier alpha value is -1.30. The van der Waals surface area contributed by atoms with Crippen molar-refractivity contribution in [1.29, 1.82) is 0 Å². The fourth-order valence-electron chi connectivity index (χ4n) is 3.93. The van der Waals surface area contributed by atoms with Gasteiger partial charge in [0, 0.05) is 35.9 Å². The van der Waals surface area contributed by atoms with E-state index >= 15 is 0 Å². The van der Waals surface area contributed by atoms with Gasteiger partial charge >= 0.3 is 6.03 Å². The smallest absolute Gasteiger partial charge is 0.319 e. The number of hydrogen-bond acceptors (Lipinski definition) is 3. The number of carbonyl (C=O) groups is 1. The highest BCUT2D eigenvalue weighted by Gasteiger charge is 2.40. The molecule has 2 N–H and O–H groups in total. The Balaban J connectivity index is 1.61. The van der Waals surface area contributed by atoms with Gasteiger partial charge in [0.15, 0.2) is 0 Å². The molecule has 3 rings (SSSR count). The summed E-state index contributed by atoms with van der Waals surface area (Å²) in [6.45, 7) is 6.46. The molecule has 0 radical (unpaired) electrons. The molecule has 138 valence electrons. The summed E-state index contributed by atoms with van der Waals surface area (Å²) in [6.07, 6.45) is 4.70. The number of morpholine rings is 1. The molecule has 1 aromatic carbocycles. The molecule has 25 heavy (non-hydrogen) atoms. The Morgan fingerprint density at radius 3 is 2.72 bits per heavy atom. The predicted molar refractivity (Wildman–Crippen MR) is 101 cm³/mol. The van der Waals surface area contributed by atoms with Gasteiger partial charge < -0.3 is 15.4 Å². The topological polar surface area (TPSA) is 53.6 Å². The van der Waals surface area contributed by atoms with Crippen molar-refractivity contribution < 1.29 is 9.53 Å². The molecule has 0 aromatic heterocycles. The third-order valence-electron chi connectivity index (χ3n) is 5.55. The van der Waals surface area contributed by atoms with Crippen LogP contribution >= 0.6 is 11.6 Å². The first-order chi connectivity index (χ1) is 12.1. The maximum Gasteiger partial charge on any atom is 0.319 e. The molecule has 0 atom stereocenters. The number of amides is 2. The lowest BCUT2D eigenvalue weighted by atomic mass is 9.75. The Labute approximate surface area is 155 Å². The molecule has 2 fully saturated rings. The van der Waals surface area contributed by atoms with E-state index in [2.05, 4.69) is 22.5 Å². The fraction of sp³-hybridized carbons (Fsp3) is 0.632. The molecule has 0 unspecified atom stereocenters. The Bertz CT molecular complexity index is 582. The standard InChI is InChI=1S/C19H28ClN3O2/c1-15-5-7-19(8-6-15,23-9-11-25-12-10-23)14-21-18(24)22-17-4-2-3-16(20)13-17/h2-4,13,15H,5-12,14H2,1H3,(H2,21,22,24). The number of benzene rings is 1. The number of ether oxygens (including phenoxy) is 1. The normalized spacial score (nSPS) is 27.7. The molecular weight excluding hydrogens is 338 g/mol. The van der Waals surface area contributed by atoms with Crippen LogP contribution in [0.4, 0.5) is 10.5 Å². The minimum atomic E-state index is -0.173. The summed E-state index contributed by atoms with van der Waals surface area (Å²) in [7, 11) is 0. The maximum absolute atomic E-state index is 12.3. The van der Waals surface area contributed by atoms with Gasteiger partial charge in [0.2, 0.25) is 0 Å². The molecule has 5 nitrogen and oxygen atoms in total. The van der Waals surface area contributed by atoms with Gasteiger partial charge in [0.25, 0.3) is 0 Å². The van der Waals surface area contributed by atoms with Crippen molar-refractivity contribution in [1.82, 2.24) is 10.2 Å². The minimum Gasteiger partial charge on any atom is -0.379 e. The summed E-state index contributed by atoms with van der Waals surface area (Å²) >= 11 is 5.97. The van der Waals surface area contributed by atoms with Crippen LogP contribution in [0.5, 0.6) is 0 Å². The third kappa shape index (κ3) is 4.87. The largest absolute Gasteiger partial charge is 0.379 e. The molecule has 2 amide bonds. The van der Waals surface area contributed by atoms with Gasteiger partial charge in [-0.1, -0.05) is 24.6 Å². The monoisotopic (exact) mass is 365 g/mol. The van der Waals surface area contributed by atoms with Gasteiger partial charge in [-0.2, -0.15) is 0 Å². The quantitative estimate of drug-likeness (QED) is 0.854. The zero-order chi connectivity index (χ0) is 17.7. The van der Waals surface area contributed by atoms with E-state index in [1.54, 1.807) is 12.1 Å². The highest BCUT2D eigenvalue weighted by Crippen LogP contribution is 2.36. The van der Waals surface area contributed by atoms with Crippen LogP contribution in [0.1, 0.15) is 32.6 Å². The van der Waals surface area contributed by atoms with E-state index in [0.717, 1.165) is 45.1 Å². The van der Waals surface area contributed by atoms with Gasteiger partial charge in [-0.25, -0.2) is 4.79 Å². The van der Waals surface area contributed by atoms with Crippen LogP contribution in [0.2, 0.25) is 5.02 Å². The average molecular weight is 366 g/mol. The van der Waals surface area contributed by atoms with E-state index in [9.17, 15) is 4.79 Å². The van der Waals surface area contributed by atoms with Crippen molar-refractivity contribution >= 4 is 23.3 Å². The van der Waals surface area contributed by atoms with Gasteiger partial charge in [-0.3, -0.25) is 4.90 Å². The lowest BCUT2D eigenvalue weighted by Crippen LogP contribution is -2.60. The number of rotatable bonds is 4. The number of nitrogens with zero attached hydrogens (tertiary/aromatic N) is 1. The Morgan fingerprint density at radius 1 is 1.32 bits per heavy atom. The van der Waals surface area contributed by atoms with Gasteiger partial charge in [0.05, 0.1) is 13.2 Å². The van der Waals surface area contributed by atoms with Crippen molar-refractivity contribution in [3.63, 3.8) is 0 Å². The van der Waals surface area contributed by atoms with Crippen molar-refractivity contribution in [2.24, 2.45) is 5.92 Å². The number of urea groups is 1. The summed E-state index contributed by atoms with van der Waals surface area (Å²) in [4.78, 5) is 14.9.